The van der Waals surface area contributed by atoms with Crippen LogP contribution in [-0.2, 0) is 11.3 Å². The van der Waals surface area contributed by atoms with E-state index < -0.39 is 11.6 Å². The normalized spacial score (nSPS) is 10.7. The standard InChI is InChI=1S/C19H15BrNO5/c1-2-25-18(23)12-5-7-21(8-6-12)11-16(22)15-10-13-9-14(20)3-4-17(13)26-19(15)24/h3-10H,2,11H2,1H3/q+1. The zero-order valence-corrected chi connectivity index (χ0v) is 15.5. The number of aromatic nitrogens is 1. The van der Waals surface area contributed by atoms with Crippen molar-refractivity contribution < 1.29 is 23.3 Å². The molecule has 0 saturated heterocycles. The first-order valence-corrected chi connectivity index (χ1v) is 8.70. The summed E-state index contributed by atoms with van der Waals surface area (Å²) in [7, 11) is 0. The van der Waals surface area contributed by atoms with E-state index in [9.17, 15) is 14.4 Å². The van der Waals surface area contributed by atoms with Gasteiger partial charge in [0.2, 0.25) is 12.3 Å². The van der Waals surface area contributed by atoms with E-state index in [0.717, 1.165) is 4.47 Å². The van der Waals surface area contributed by atoms with Crippen LogP contribution in [0.25, 0.3) is 11.0 Å². The highest BCUT2D eigenvalue weighted by molar-refractivity contribution is 9.10. The number of hydrogen-bond donors (Lipinski definition) is 0. The van der Waals surface area contributed by atoms with E-state index in [0.29, 0.717) is 23.1 Å². The van der Waals surface area contributed by atoms with Gasteiger partial charge in [-0.15, -0.1) is 0 Å². The third kappa shape index (κ3) is 3.88. The predicted molar refractivity (Wildman–Crippen MR) is 97.1 cm³/mol. The van der Waals surface area contributed by atoms with Crippen LogP contribution in [0.15, 0.2) is 62.5 Å². The van der Waals surface area contributed by atoms with Crippen LogP contribution in [0.4, 0.5) is 0 Å². The number of carbonyl (C=O) groups excluding carboxylic acids is 2. The van der Waals surface area contributed by atoms with Gasteiger partial charge < -0.3 is 9.15 Å². The van der Waals surface area contributed by atoms with Crippen molar-refractivity contribution in [3.63, 3.8) is 0 Å². The summed E-state index contributed by atoms with van der Waals surface area (Å²) in [5.41, 5.74) is 0.123. The van der Waals surface area contributed by atoms with Gasteiger partial charge in [0.25, 0.3) is 0 Å². The van der Waals surface area contributed by atoms with Crippen LogP contribution in [0.2, 0.25) is 0 Å². The fraction of sp³-hybridized carbons (Fsp3) is 0.158. The molecule has 2 aromatic heterocycles. The number of rotatable bonds is 5. The molecule has 1 aromatic carbocycles. The zero-order valence-electron chi connectivity index (χ0n) is 13.9. The van der Waals surface area contributed by atoms with E-state index in [2.05, 4.69) is 15.9 Å². The lowest BCUT2D eigenvalue weighted by Gasteiger charge is -2.02. The summed E-state index contributed by atoms with van der Waals surface area (Å²) in [5, 5.41) is 0.657. The number of hydrogen-bond acceptors (Lipinski definition) is 5. The Morgan fingerprint density at radius 2 is 1.88 bits per heavy atom. The summed E-state index contributed by atoms with van der Waals surface area (Å²) < 4.78 is 12.5. The third-order valence-electron chi connectivity index (χ3n) is 3.72. The molecule has 0 aliphatic heterocycles. The number of pyridine rings is 1. The Bertz CT molecular complexity index is 1040. The van der Waals surface area contributed by atoms with Crippen molar-refractivity contribution in [2.45, 2.75) is 13.5 Å². The van der Waals surface area contributed by atoms with Crippen molar-refractivity contribution >= 4 is 38.7 Å². The van der Waals surface area contributed by atoms with Gasteiger partial charge in [-0.1, -0.05) is 15.9 Å². The van der Waals surface area contributed by atoms with Crippen molar-refractivity contribution in [2.24, 2.45) is 0 Å². The molecule has 3 rings (SSSR count). The van der Waals surface area contributed by atoms with Crippen LogP contribution in [0.5, 0.6) is 0 Å². The first kappa shape index (κ1) is 18.0. The molecule has 132 valence electrons. The molecule has 0 radical (unpaired) electrons. The fourth-order valence-corrected chi connectivity index (χ4v) is 2.83. The lowest BCUT2D eigenvalue weighted by atomic mass is 10.1. The number of carbonyl (C=O) groups is 2. The van der Waals surface area contributed by atoms with E-state index in [1.807, 2.05) is 0 Å². The Hall–Kier alpha value is -2.80. The lowest BCUT2D eigenvalue weighted by molar-refractivity contribution is -0.683. The van der Waals surface area contributed by atoms with Crippen LogP contribution in [0.1, 0.15) is 27.6 Å². The van der Waals surface area contributed by atoms with Crippen molar-refractivity contribution in [1.29, 1.82) is 0 Å². The number of ether oxygens (including phenoxy) is 1. The van der Waals surface area contributed by atoms with Crippen LogP contribution in [0.3, 0.4) is 0 Å². The second-order valence-corrected chi connectivity index (χ2v) is 6.45. The largest absolute Gasteiger partial charge is 0.462 e. The summed E-state index contributed by atoms with van der Waals surface area (Å²) in [6, 6.07) is 9.85. The maximum atomic E-state index is 12.5. The Labute approximate surface area is 157 Å². The van der Waals surface area contributed by atoms with Crippen LogP contribution in [-0.4, -0.2) is 18.4 Å². The Kier molecular flexibility index (Phi) is 5.27. The highest BCUT2D eigenvalue weighted by Crippen LogP contribution is 2.19. The monoisotopic (exact) mass is 416 g/mol. The molecule has 0 fully saturated rings. The van der Waals surface area contributed by atoms with E-state index in [1.54, 1.807) is 54.2 Å². The molecule has 0 N–H and O–H groups in total. The molecule has 7 heteroatoms. The maximum Gasteiger partial charge on any atom is 0.347 e. The molecule has 26 heavy (non-hydrogen) atoms. The van der Waals surface area contributed by atoms with Gasteiger partial charge in [-0.2, -0.15) is 4.57 Å². The van der Waals surface area contributed by atoms with E-state index in [1.165, 1.54) is 6.07 Å². The molecule has 0 amide bonds. The second kappa shape index (κ2) is 7.61. The number of ketones is 1. The van der Waals surface area contributed by atoms with Crippen molar-refractivity contribution in [2.75, 3.05) is 6.61 Å². The first-order chi connectivity index (χ1) is 12.5. The highest BCUT2D eigenvalue weighted by Gasteiger charge is 2.18. The minimum Gasteiger partial charge on any atom is -0.462 e. The van der Waals surface area contributed by atoms with Crippen molar-refractivity contribution in [1.82, 2.24) is 0 Å². The third-order valence-corrected chi connectivity index (χ3v) is 4.22. The topological polar surface area (TPSA) is 77.5 Å². The summed E-state index contributed by atoms with van der Waals surface area (Å²) in [4.78, 5) is 36.2. The van der Waals surface area contributed by atoms with Crippen LogP contribution in [0, 0.1) is 0 Å². The molecule has 0 atom stereocenters. The van der Waals surface area contributed by atoms with Gasteiger partial charge in [0.15, 0.2) is 12.4 Å². The molecule has 6 nitrogen and oxygen atoms in total. The number of benzene rings is 1. The Morgan fingerprint density at radius 3 is 2.58 bits per heavy atom. The summed E-state index contributed by atoms with van der Waals surface area (Å²) >= 11 is 3.35. The van der Waals surface area contributed by atoms with Crippen LogP contribution < -0.4 is 10.2 Å². The molecule has 3 aromatic rings. The highest BCUT2D eigenvalue weighted by atomic mass is 79.9. The average Bonchev–Trinajstić information content (AvgIpc) is 2.62. The molecule has 0 spiro atoms. The molecule has 0 bridgehead atoms. The second-order valence-electron chi connectivity index (χ2n) is 5.53. The quantitative estimate of drug-likeness (QED) is 0.276. The SMILES string of the molecule is CCOC(=O)c1cc[n+](CC(=O)c2cc3cc(Br)ccc3oc2=O)cc1. The molecule has 0 saturated carbocycles. The van der Waals surface area contributed by atoms with Gasteiger partial charge >= 0.3 is 11.6 Å². The minimum atomic E-state index is -0.673. The average molecular weight is 417 g/mol. The first-order valence-electron chi connectivity index (χ1n) is 7.91. The van der Waals surface area contributed by atoms with Crippen LogP contribution >= 0.6 is 15.9 Å². The van der Waals surface area contributed by atoms with Gasteiger partial charge in [-0.25, -0.2) is 9.59 Å². The molecule has 0 aliphatic carbocycles. The van der Waals surface area contributed by atoms with Gasteiger partial charge in [0, 0.05) is 22.0 Å². The zero-order chi connectivity index (χ0) is 18.7. The number of Topliss-reactive ketones (excluding diaryl/α,β-unsaturated/α-hetero) is 1. The Balaban J connectivity index is 1.83. The molecular formula is C19H15BrNO5+. The number of halogens is 1. The van der Waals surface area contributed by atoms with Crippen molar-refractivity contribution in [3.05, 3.63) is 74.8 Å². The smallest absolute Gasteiger partial charge is 0.347 e. The number of nitrogens with zero attached hydrogens (tertiary/aromatic N) is 1. The van der Waals surface area contributed by atoms with E-state index in [4.69, 9.17) is 9.15 Å². The van der Waals surface area contributed by atoms with Gasteiger partial charge in [-0.05, 0) is 31.2 Å². The van der Waals surface area contributed by atoms with Gasteiger partial charge in [0.1, 0.15) is 11.1 Å². The fourth-order valence-electron chi connectivity index (χ4n) is 2.45. The molecule has 2 heterocycles. The lowest BCUT2D eigenvalue weighted by Crippen LogP contribution is -2.38. The number of fused-ring (bicyclic) bond motifs is 1. The minimum absolute atomic E-state index is 0.0161. The molecular weight excluding hydrogens is 402 g/mol. The summed E-state index contributed by atoms with van der Waals surface area (Å²) in [6.07, 6.45) is 3.17. The van der Waals surface area contributed by atoms with Gasteiger partial charge in [-0.3, -0.25) is 4.79 Å². The van der Waals surface area contributed by atoms with Gasteiger partial charge in [0.05, 0.1) is 12.2 Å². The Morgan fingerprint density at radius 1 is 1.15 bits per heavy atom. The summed E-state index contributed by atoms with van der Waals surface area (Å²) in [5.74, 6) is -0.804. The molecule has 0 unspecified atom stereocenters. The van der Waals surface area contributed by atoms with E-state index >= 15 is 0 Å². The van der Waals surface area contributed by atoms with Crippen molar-refractivity contribution in [3.8, 4) is 0 Å². The number of esters is 1. The maximum absolute atomic E-state index is 12.5. The van der Waals surface area contributed by atoms with E-state index in [-0.39, 0.29) is 17.9 Å². The summed E-state index contributed by atoms with van der Waals surface area (Å²) in [6.45, 7) is 1.97. The predicted octanol–water partition coefficient (Wildman–Crippen LogP) is 2.90. The molecule has 0 aliphatic rings.